The molecule has 0 unspecified atom stereocenters. The smallest absolute Gasteiger partial charge is 0.253 e. The Morgan fingerprint density at radius 2 is 1.00 bits per heavy atom. The van der Waals surface area contributed by atoms with Crippen LogP contribution >= 0.6 is 0 Å². The van der Waals surface area contributed by atoms with Gasteiger partial charge >= 0.3 is 0 Å². The van der Waals surface area contributed by atoms with Crippen molar-refractivity contribution in [2.75, 3.05) is 132 Å². The molecule has 0 aromatic heterocycles. The van der Waals surface area contributed by atoms with E-state index in [2.05, 4.69) is 16.0 Å². The highest BCUT2D eigenvalue weighted by Gasteiger charge is 2.22. The van der Waals surface area contributed by atoms with Gasteiger partial charge in [0.25, 0.3) is 11.8 Å². The number of nitrogens with zero attached hydrogens (tertiary/aromatic N) is 1. The number of amides is 5. The highest BCUT2D eigenvalue weighted by Crippen LogP contribution is 2.07. The first-order valence-corrected chi connectivity index (χ1v) is 16.8. The fourth-order valence-corrected chi connectivity index (χ4v) is 3.89. The average molecular weight is 719 g/mol. The predicted octanol–water partition coefficient (Wildman–Crippen LogP) is -1.85. The van der Waals surface area contributed by atoms with E-state index in [1.54, 1.807) is 0 Å². The minimum Gasteiger partial charge on any atom is -0.377 e. The molecular weight excluding hydrogens is 664 g/mol. The molecule has 0 saturated carbocycles. The van der Waals surface area contributed by atoms with Crippen molar-refractivity contribution >= 4 is 35.8 Å². The number of carbonyl (C=O) groups is 6. The molecule has 1 rings (SSSR count). The fraction of sp³-hybridized carbons (Fsp3) is 0.750. The van der Waals surface area contributed by atoms with Gasteiger partial charge in [-0.15, -0.1) is 0 Å². The third kappa shape index (κ3) is 27.5. The van der Waals surface area contributed by atoms with Gasteiger partial charge in [0, 0.05) is 31.7 Å². The number of rotatable bonds is 36. The van der Waals surface area contributed by atoms with E-state index in [9.17, 15) is 28.8 Å². The number of carbonyl (C=O) groups excluding carboxylic acids is 6. The predicted molar refractivity (Wildman–Crippen MR) is 176 cm³/mol. The lowest BCUT2D eigenvalue weighted by atomic mass is 10.2. The van der Waals surface area contributed by atoms with Gasteiger partial charge in [0.2, 0.25) is 17.7 Å². The molecule has 0 bridgehead atoms. The van der Waals surface area contributed by atoms with Gasteiger partial charge in [0.1, 0.15) is 12.9 Å². The number of ether oxygens (including phenoxy) is 8. The molecule has 0 atom stereocenters. The summed E-state index contributed by atoms with van der Waals surface area (Å²) in [6.07, 6.45) is 5.60. The Hall–Kier alpha value is -3.36. The summed E-state index contributed by atoms with van der Waals surface area (Å²) in [5.74, 6) is -1.51. The van der Waals surface area contributed by atoms with Crippen LogP contribution in [-0.2, 0) is 66.7 Å². The minimum atomic E-state index is -0.457. The molecule has 18 nitrogen and oxygen atoms in total. The zero-order valence-electron chi connectivity index (χ0n) is 28.9. The van der Waals surface area contributed by atoms with Crippen molar-refractivity contribution in [1.82, 2.24) is 20.9 Å². The Bertz CT molecular complexity index is 967. The van der Waals surface area contributed by atoms with E-state index in [0.29, 0.717) is 131 Å². The van der Waals surface area contributed by atoms with Crippen molar-refractivity contribution < 1.29 is 66.7 Å². The third-order valence-corrected chi connectivity index (χ3v) is 6.42. The summed E-state index contributed by atoms with van der Waals surface area (Å²) < 4.78 is 43.1. The molecule has 286 valence electrons. The van der Waals surface area contributed by atoms with Crippen LogP contribution in [0.5, 0.6) is 0 Å². The van der Waals surface area contributed by atoms with Crippen molar-refractivity contribution in [2.24, 2.45) is 0 Å². The van der Waals surface area contributed by atoms with Crippen LogP contribution in [0.25, 0.3) is 0 Å². The standard InChI is InChI=1S/C32H54N4O14/c37-10-7-33-29(39)26-35-30(40)27-50-25-24-49-23-22-48-21-20-47-19-18-46-17-16-45-15-14-44-13-12-43-11-8-34-28(38)4-2-1-3-9-36-31(41)5-6-32(36)42/h5-6,10H,1-4,7-9,11-27H2,(H,33,39)(H,34,38)(H,35,40). The van der Waals surface area contributed by atoms with Crippen molar-refractivity contribution in [3.63, 3.8) is 0 Å². The van der Waals surface area contributed by atoms with Gasteiger partial charge in [-0.2, -0.15) is 0 Å². The molecule has 0 radical (unpaired) electrons. The highest BCUT2D eigenvalue weighted by molar-refractivity contribution is 6.12. The molecule has 18 heteroatoms. The Labute approximate surface area is 293 Å². The van der Waals surface area contributed by atoms with Crippen LogP contribution < -0.4 is 16.0 Å². The molecule has 0 saturated heterocycles. The van der Waals surface area contributed by atoms with Gasteiger partial charge in [0.15, 0.2) is 0 Å². The summed E-state index contributed by atoms with van der Waals surface area (Å²) >= 11 is 0. The number of nitrogens with one attached hydrogen (secondary N) is 3. The maximum Gasteiger partial charge on any atom is 0.253 e. The van der Waals surface area contributed by atoms with Crippen LogP contribution in [0.3, 0.4) is 0 Å². The highest BCUT2D eigenvalue weighted by atomic mass is 16.6. The van der Waals surface area contributed by atoms with E-state index in [-0.39, 0.29) is 44.0 Å². The second-order valence-electron chi connectivity index (χ2n) is 10.4. The SMILES string of the molecule is O=CCNC(=O)CNC(=O)COCCOCCOCCOCCOCCOCCOCCOCCNC(=O)CCCCCN1C(=O)C=CC1=O. The summed E-state index contributed by atoms with van der Waals surface area (Å²) in [7, 11) is 0. The topological polar surface area (TPSA) is 216 Å². The van der Waals surface area contributed by atoms with Gasteiger partial charge in [-0.05, 0) is 12.8 Å². The number of hydrogen-bond donors (Lipinski definition) is 3. The van der Waals surface area contributed by atoms with E-state index in [1.165, 1.54) is 17.1 Å². The molecular formula is C32H54N4O14. The first-order valence-electron chi connectivity index (χ1n) is 16.8. The Morgan fingerprint density at radius 3 is 1.48 bits per heavy atom. The lowest BCUT2D eigenvalue weighted by Gasteiger charge is -2.13. The van der Waals surface area contributed by atoms with Crippen LogP contribution in [0.2, 0.25) is 0 Å². The van der Waals surface area contributed by atoms with Gasteiger partial charge < -0.3 is 58.6 Å². The number of imide groups is 1. The number of unbranched alkanes of at least 4 members (excludes halogenated alkanes) is 2. The Kier molecular flexibility index (Phi) is 29.3. The molecule has 1 aliphatic heterocycles. The number of aldehydes is 1. The summed E-state index contributed by atoms with van der Waals surface area (Å²) in [6.45, 7) is 6.25. The summed E-state index contributed by atoms with van der Waals surface area (Å²) in [5.41, 5.74) is 0. The van der Waals surface area contributed by atoms with Gasteiger partial charge in [-0.3, -0.25) is 28.9 Å². The van der Waals surface area contributed by atoms with E-state index in [0.717, 1.165) is 6.42 Å². The molecule has 0 fully saturated rings. The minimum absolute atomic E-state index is 0.0544. The lowest BCUT2D eigenvalue weighted by molar-refractivity contribution is -0.137. The zero-order valence-corrected chi connectivity index (χ0v) is 28.9. The van der Waals surface area contributed by atoms with Crippen molar-refractivity contribution in [3.05, 3.63) is 12.2 Å². The van der Waals surface area contributed by atoms with Crippen LogP contribution in [0.4, 0.5) is 0 Å². The molecule has 0 aromatic carbocycles. The second-order valence-corrected chi connectivity index (χ2v) is 10.4. The van der Waals surface area contributed by atoms with E-state index < -0.39 is 11.8 Å². The monoisotopic (exact) mass is 718 g/mol. The summed E-state index contributed by atoms with van der Waals surface area (Å²) in [5, 5.41) is 7.47. The Morgan fingerprint density at radius 1 is 0.540 bits per heavy atom. The van der Waals surface area contributed by atoms with E-state index in [1.807, 2.05) is 0 Å². The normalized spacial score (nSPS) is 12.4. The first kappa shape index (κ1) is 44.7. The Balaban J connectivity index is 1.69. The molecule has 3 N–H and O–H groups in total. The average Bonchev–Trinajstić information content (AvgIpc) is 3.43. The maximum atomic E-state index is 11.9. The molecule has 1 aliphatic rings. The summed E-state index contributed by atoms with van der Waals surface area (Å²) in [4.78, 5) is 68.9. The van der Waals surface area contributed by atoms with E-state index >= 15 is 0 Å². The molecule has 0 aromatic rings. The molecule has 5 amide bonds. The van der Waals surface area contributed by atoms with Crippen molar-refractivity contribution in [3.8, 4) is 0 Å². The third-order valence-electron chi connectivity index (χ3n) is 6.42. The van der Waals surface area contributed by atoms with Crippen molar-refractivity contribution in [1.29, 1.82) is 0 Å². The second kappa shape index (κ2) is 32.8. The van der Waals surface area contributed by atoms with Crippen LogP contribution in [-0.4, -0.2) is 173 Å². The zero-order chi connectivity index (χ0) is 36.3. The largest absolute Gasteiger partial charge is 0.377 e. The van der Waals surface area contributed by atoms with Gasteiger partial charge in [-0.1, -0.05) is 6.42 Å². The molecule has 50 heavy (non-hydrogen) atoms. The molecule has 1 heterocycles. The number of hydrogen-bond acceptors (Lipinski definition) is 14. The van der Waals surface area contributed by atoms with Crippen LogP contribution in [0, 0.1) is 0 Å². The van der Waals surface area contributed by atoms with E-state index in [4.69, 9.17) is 37.9 Å². The maximum absolute atomic E-state index is 11.9. The fourth-order valence-electron chi connectivity index (χ4n) is 3.89. The molecule has 0 spiro atoms. The van der Waals surface area contributed by atoms with Crippen LogP contribution in [0.1, 0.15) is 25.7 Å². The van der Waals surface area contributed by atoms with Gasteiger partial charge in [-0.25, -0.2) is 0 Å². The first-order chi connectivity index (χ1) is 24.4. The van der Waals surface area contributed by atoms with Crippen molar-refractivity contribution in [2.45, 2.75) is 25.7 Å². The quantitative estimate of drug-likeness (QED) is 0.0369. The van der Waals surface area contributed by atoms with Gasteiger partial charge in [0.05, 0.1) is 112 Å². The summed E-state index contributed by atoms with van der Waals surface area (Å²) in [6, 6.07) is 0. The van der Waals surface area contributed by atoms with Crippen LogP contribution in [0.15, 0.2) is 12.2 Å². The lowest BCUT2D eigenvalue weighted by Crippen LogP contribution is -2.39. The molecule has 0 aliphatic carbocycles.